The van der Waals surface area contributed by atoms with Gasteiger partial charge in [-0.3, -0.25) is 4.79 Å². The van der Waals surface area contributed by atoms with E-state index in [9.17, 15) is 4.79 Å². The number of carbonyl (C=O) groups excluding carboxylic acids is 1. The Hall–Kier alpha value is -2.36. The van der Waals surface area contributed by atoms with Gasteiger partial charge in [-0.25, -0.2) is 4.99 Å². The third-order valence-corrected chi connectivity index (χ3v) is 6.05. The lowest BCUT2D eigenvalue weighted by atomic mass is 9.93. The van der Waals surface area contributed by atoms with Crippen molar-refractivity contribution in [2.24, 2.45) is 4.99 Å². The van der Waals surface area contributed by atoms with E-state index in [0.29, 0.717) is 0 Å². The average Bonchev–Trinajstić information content (AvgIpc) is 2.70. The number of amides is 1. The minimum Gasteiger partial charge on any atom is -0.360 e. The van der Waals surface area contributed by atoms with Crippen LogP contribution in [0, 0.1) is 0 Å². The SMILES string of the molecule is C=C(/C(CCC)=C(C)\N=C(/C)N1CCCCC1)c1cccc(C(=O)N2CCC2)c1. The molecule has 2 saturated heterocycles. The van der Waals surface area contributed by atoms with Crippen molar-refractivity contribution >= 4 is 17.3 Å². The molecule has 2 aliphatic heterocycles. The Bertz CT molecular complexity index is 811. The smallest absolute Gasteiger partial charge is 0.253 e. The molecule has 1 amide bonds. The molecule has 0 atom stereocenters. The third kappa shape index (κ3) is 5.17. The van der Waals surface area contributed by atoms with Gasteiger partial charge >= 0.3 is 0 Å². The Kier molecular flexibility index (Phi) is 7.29. The summed E-state index contributed by atoms with van der Waals surface area (Å²) in [6.45, 7) is 14.7. The zero-order chi connectivity index (χ0) is 20.8. The van der Waals surface area contributed by atoms with E-state index in [4.69, 9.17) is 4.99 Å². The standard InChI is InChI=1S/C25H35N3O/c1-5-11-24(20(3)26-21(4)27-14-7-6-8-15-27)19(2)22-12-9-13-23(18-22)25(29)28-16-10-17-28/h9,12-13,18H,2,5-8,10-11,14-17H2,1,3-4H3/b24-20-,26-21+. The van der Waals surface area contributed by atoms with Crippen LogP contribution in [0.25, 0.3) is 5.57 Å². The van der Waals surface area contributed by atoms with E-state index in [1.54, 1.807) is 0 Å². The monoisotopic (exact) mass is 393 g/mol. The van der Waals surface area contributed by atoms with Crippen LogP contribution >= 0.6 is 0 Å². The van der Waals surface area contributed by atoms with Gasteiger partial charge in [0.05, 0.1) is 0 Å². The zero-order valence-corrected chi connectivity index (χ0v) is 18.3. The van der Waals surface area contributed by atoms with E-state index >= 15 is 0 Å². The molecule has 3 rings (SSSR count). The second-order valence-electron chi connectivity index (χ2n) is 8.23. The molecule has 2 heterocycles. The second-order valence-corrected chi connectivity index (χ2v) is 8.23. The molecule has 4 nitrogen and oxygen atoms in total. The summed E-state index contributed by atoms with van der Waals surface area (Å²) in [7, 11) is 0. The Morgan fingerprint density at radius 1 is 1.00 bits per heavy atom. The van der Waals surface area contributed by atoms with Crippen molar-refractivity contribution < 1.29 is 4.79 Å². The number of piperidine rings is 1. The molecule has 0 spiro atoms. The van der Waals surface area contributed by atoms with Crippen molar-refractivity contribution in [1.82, 2.24) is 9.80 Å². The summed E-state index contributed by atoms with van der Waals surface area (Å²) in [6, 6.07) is 7.92. The van der Waals surface area contributed by atoms with Gasteiger partial charge in [-0.05, 0) is 74.8 Å². The third-order valence-electron chi connectivity index (χ3n) is 6.05. The topological polar surface area (TPSA) is 35.9 Å². The van der Waals surface area contributed by atoms with Crippen molar-refractivity contribution in [3.8, 4) is 0 Å². The van der Waals surface area contributed by atoms with E-state index in [1.165, 1.54) is 24.8 Å². The molecule has 0 aromatic heterocycles. The molecule has 4 heteroatoms. The predicted molar refractivity (Wildman–Crippen MR) is 122 cm³/mol. The molecule has 0 unspecified atom stereocenters. The number of amidine groups is 1. The highest BCUT2D eigenvalue weighted by Crippen LogP contribution is 2.29. The van der Waals surface area contributed by atoms with Crippen LogP contribution in [0.2, 0.25) is 0 Å². The zero-order valence-electron chi connectivity index (χ0n) is 18.3. The summed E-state index contributed by atoms with van der Waals surface area (Å²) < 4.78 is 0. The Morgan fingerprint density at radius 3 is 2.28 bits per heavy atom. The minimum absolute atomic E-state index is 0.127. The maximum atomic E-state index is 12.6. The molecular weight excluding hydrogens is 358 g/mol. The van der Waals surface area contributed by atoms with Crippen LogP contribution in [0.15, 0.2) is 47.1 Å². The number of hydrogen-bond acceptors (Lipinski definition) is 2. The molecule has 0 saturated carbocycles. The van der Waals surface area contributed by atoms with Crippen LogP contribution in [0.1, 0.15) is 75.2 Å². The fraction of sp³-hybridized carbons (Fsp3) is 0.520. The van der Waals surface area contributed by atoms with Crippen LogP contribution in [-0.2, 0) is 0 Å². The lowest BCUT2D eigenvalue weighted by Crippen LogP contribution is -2.42. The normalized spacial score (nSPS) is 18.2. The molecule has 0 bridgehead atoms. The number of rotatable bonds is 6. The van der Waals surface area contributed by atoms with Crippen molar-refractivity contribution in [3.05, 3.63) is 53.2 Å². The first-order valence-corrected chi connectivity index (χ1v) is 11.1. The van der Waals surface area contributed by atoms with E-state index in [2.05, 4.69) is 38.3 Å². The number of nitrogens with zero attached hydrogens (tertiary/aromatic N) is 3. The number of benzene rings is 1. The Balaban J connectivity index is 1.84. The lowest BCUT2D eigenvalue weighted by molar-refractivity contribution is 0.0652. The Labute approximate surface area is 176 Å². The summed E-state index contributed by atoms with van der Waals surface area (Å²) in [5.41, 5.74) is 4.99. The van der Waals surface area contributed by atoms with Gasteiger partial charge in [0.15, 0.2) is 0 Å². The van der Waals surface area contributed by atoms with E-state index < -0.39 is 0 Å². The highest BCUT2D eigenvalue weighted by molar-refractivity contribution is 5.96. The molecule has 2 fully saturated rings. The average molecular weight is 394 g/mol. The van der Waals surface area contributed by atoms with Gasteiger partial charge in [0, 0.05) is 37.4 Å². The van der Waals surface area contributed by atoms with Gasteiger partial charge in [0.25, 0.3) is 5.91 Å². The summed E-state index contributed by atoms with van der Waals surface area (Å²) in [5.74, 6) is 1.23. The minimum atomic E-state index is 0.127. The number of likely N-dealkylation sites (tertiary alicyclic amines) is 2. The van der Waals surface area contributed by atoms with Gasteiger partial charge in [0.2, 0.25) is 0 Å². The first-order chi connectivity index (χ1) is 14.0. The molecule has 0 aliphatic carbocycles. The van der Waals surface area contributed by atoms with Crippen LogP contribution in [0.3, 0.4) is 0 Å². The molecule has 156 valence electrons. The van der Waals surface area contributed by atoms with Gasteiger partial charge in [0.1, 0.15) is 5.84 Å². The van der Waals surface area contributed by atoms with Crippen molar-refractivity contribution in [2.75, 3.05) is 26.2 Å². The molecule has 29 heavy (non-hydrogen) atoms. The molecule has 0 N–H and O–H groups in total. The predicted octanol–water partition coefficient (Wildman–Crippen LogP) is 5.52. The van der Waals surface area contributed by atoms with E-state index in [-0.39, 0.29) is 5.91 Å². The largest absolute Gasteiger partial charge is 0.360 e. The summed E-state index contributed by atoms with van der Waals surface area (Å²) in [4.78, 5) is 21.9. The summed E-state index contributed by atoms with van der Waals surface area (Å²) >= 11 is 0. The van der Waals surface area contributed by atoms with Gasteiger partial charge in [-0.15, -0.1) is 0 Å². The highest BCUT2D eigenvalue weighted by Gasteiger charge is 2.22. The second kappa shape index (κ2) is 9.91. The van der Waals surface area contributed by atoms with E-state index in [0.717, 1.165) is 73.7 Å². The summed E-state index contributed by atoms with van der Waals surface area (Å²) in [6.07, 6.45) is 6.91. The molecule has 1 aromatic carbocycles. The number of hydrogen-bond donors (Lipinski definition) is 0. The fourth-order valence-corrected chi connectivity index (χ4v) is 4.11. The number of allylic oxidation sites excluding steroid dienone is 3. The van der Waals surface area contributed by atoms with Gasteiger partial charge in [-0.2, -0.15) is 0 Å². The van der Waals surface area contributed by atoms with Crippen molar-refractivity contribution in [2.45, 2.75) is 59.3 Å². The maximum Gasteiger partial charge on any atom is 0.253 e. The van der Waals surface area contributed by atoms with Crippen LogP contribution in [0.4, 0.5) is 0 Å². The molecule has 2 aliphatic rings. The van der Waals surface area contributed by atoms with Crippen LogP contribution in [0.5, 0.6) is 0 Å². The number of carbonyl (C=O) groups is 1. The quantitative estimate of drug-likeness (QED) is 0.362. The van der Waals surface area contributed by atoms with Crippen molar-refractivity contribution in [3.63, 3.8) is 0 Å². The molecule has 1 aromatic rings. The lowest BCUT2D eigenvalue weighted by Gasteiger charge is -2.31. The highest BCUT2D eigenvalue weighted by atomic mass is 16.2. The maximum absolute atomic E-state index is 12.6. The first-order valence-electron chi connectivity index (χ1n) is 11.1. The molecule has 0 radical (unpaired) electrons. The molecular formula is C25H35N3O. The first kappa shape index (κ1) is 21.4. The fourth-order valence-electron chi connectivity index (χ4n) is 4.11. The number of aliphatic imine (C=N–C) groups is 1. The van der Waals surface area contributed by atoms with Gasteiger partial charge < -0.3 is 9.80 Å². The Morgan fingerprint density at radius 2 is 1.66 bits per heavy atom. The summed E-state index contributed by atoms with van der Waals surface area (Å²) in [5, 5.41) is 0. The van der Waals surface area contributed by atoms with E-state index in [1.807, 2.05) is 23.1 Å². The van der Waals surface area contributed by atoms with Crippen molar-refractivity contribution in [1.29, 1.82) is 0 Å². The van der Waals surface area contributed by atoms with Gasteiger partial charge in [-0.1, -0.05) is 32.1 Å². The van der Waals surface area contributed by atoms with Crippen LogP contribution in [-0.4, -0.2) is 47.7 Å². The van der Waals surface area contributed by atoms with Crippen LogP contribution < -0.4 is 0 Å².